The molecule has 8 heteroatoms. The lowest BCUT2D eigenvalue weighted by molar-refractivity contribution is -0.118. The van der Waals surface area contributed by atoms with Gasteiger partial charge in [0.15, 0.2) is 5.84 Å². The minimum atomic E-state index is -0.214. The number of aliphatic imine (C=N–C) groups is 1. The van der Waals surface area contributed by atoms with Gasteiger partial charge in [0, 0.05) is 36.2 Å². The SMILES string of the molecule is C=Cc1cc(Cl)cc(N=C(NO)C(=O)C2CCN(SN)CC2)c1. The second kappa shape index (κ2) is 8.47. The van der Waals surface area contributed by atoms with Crippen molar-refractivity contribution in [1.82, 2.24) is 9.79 Å². The summed E-state index contributed by atoms with van der Waals surface area (Å²) in [6.45, 7) is 5.14. The Morgan fingerprint density at radius 3 is 2.74 bits per heavy atom. The van der Waals surface area contributed by atoms with E-state index < -0.39 is 0 Å². The number of benzene rings is 1. The minimum Gasteiger partial charge on any atom is -0.290 e. The average molecular weight is 355 g/mol. The van der Waals surface area contributed by atoms with Gasteiger partial charge in [-0.05, 0) is 36.6 Å². The maximum Gasteiger partial charge on any atom is 0.203 e. The zero-order valence-electron chi connectivity index (χ0n) is 12.5. The number of hydrogen-bond acceptors (Lipinski definition) is 6. The number of piperidine rings is 1. The lowest BCUT2D eigenvalue weighted by Gasteiger charge is -2.28. The van der Waals surface area contributed by atoms with Crippen LogP contribution in [0.3, 0.4) is 0 Å². The molecule has 124 valence electrons. The van der Waals surface area contributed by atoms with E-state index in [0.29, 0.717) is 23.6 Å². The molecule has 23 heavy (non-hydrogen) atoms. The van der Waals surface area contributed by atoms with Gasteiger partial charge in [0.05, 0.1) is 5.69 Å². The fourth-order valence-electron chi connectivity index (χ4n) is 2.46. The van der Waals surface area contributed by atoms with Crippen molar-refractivity contribution in [3.05, 3.63) is 35.4 Å². The van der Waals surface area contributed by atoms with Crippen LogP contribution in [0.1, 0.15) is 18.4 Å². The third kappa shape index (κ3) is 4.79. The van der Waals surface area contributed by atoms with E-state index in [9.17, 15) is 10.0 Å². The van der Waals surface area contributed by atoms with Gasteiger partial charge in [-0.1, -0.05) is 24.3 Å². The molecule has 0 radical (unpaired) electrons. The average Bonchev–Trinajstić information content (AvgIpc) is 2.58. The summed E-state index contributed by atoms with van der Waals surface area (Å²) in [5.74, 6) is -0.481. The Balaban J connectivity index is 2.17. The highest BCUT2D eigenvalue weighted by atomic mass is 35.5. The fraction of sp³-hybridized carbons (Fsp3) is 0.333. The molecule has 0 unspecified atom stereocenters. The largest absolute Gasteiger partial charge is 0.290 e. The molecule has 0 bridgehead atoms. The van der Waals surface area contributed by atoms with E-state index >= 15 is 0 Å². The van der Waals surface area contributed by atoms with Crippen molar-refractivity contribution in [3.63, 3.8) is 0 Å². The fourth-order valence-corrected chi connectivity index (χ4v) is 3.12. The lowest BCUT2D eigenvalue weighted by atomic mass is 9.93. The highest BCUT2D eigenvalue weighted by Gasteiger charge is 2.28. The van der Waals surface area contributed by atoms with Gasteiger partial charge in [-0.3, -0.25) is 15.1 Å². The Morgan fingerprint density at radius 2 is 2.17 bits per heavy atom. The Kier molecular flexibility index (Phi) is 6.61. The van der Waals surface area contributed by atoms with Crippen molar-refractivity contribution in [1.29, 1.82) is 0 Å². The summed E-state index contributed by atoms with van der Waals surface area (Å²) in [5, 5.41) is 15.3. The number of ketones is 1. The van der Waals surface area contributed by atoms with Gasteiger partial charge < -0.3 is 0 Å². The Bertz CT molecular complexity index is 615. The lowest BCUT2D eigenvalue weighted by Crippen LogP contribution is -2.39. The number of amidine groups is 1. The zero-order valence-corrected chi connectivity index (χ0v) is 14.1. The third-order valence-corrected chi connectivity index (χ3v) is 4.58. The molecule has 0 spiro atoms. The molecule has 1 aliphatic heterocycles. The molecule has 0 amide bonds. The van der Waals surface area contributed by atoms with Gasteiger partial charge >= 0.3 is 0 Å². The van der Waals surface area contributed by atoms with E-state index in [4.69, 9.17) is 16.7 Å². The molecule has 1 saturated heterocycles. The number of nitrogens with one attached hydrogen (secondary N) is 1. The molecular formula is C15H19ClN4O2S. The molecule has 1 aromatic rings. The number of nitrogens with two attached hydrogens (primary N) is 1. The normalized spacial score (nSPS) is 17.1. The van der Waals surface area contributed by atoms with Crippen LogP contribution >= 0.6 is 23.7 Å². The highest BCUT2D eigenvalue weighted by molar-refractivity contribution is 7.94. The van der Waals surface area contributed by atoms with Crippen LogP contribution in [0, 0.1) is 5.92 Å². The maximum atomic E-state index is 12.5. The van der Waals surface area contributed by atoms with Crippen LogP contribution in [-0.2, 0) is 4.79 Å². The number of Topliss-reactive ketones (excluding diaryl/α,β-unsaturated/α-hetero) is 1. The number of carbonyl (C=O) groups excluding carboxylic acids is 1. The van der Waals surface area contributed by atoms with Gasteiger partial charge in [0.1, 0.15) is 0 Å². The molecule has 6 nitrogen and oxygen atoms in total. The van der Waals surface area contributed by atoms with E-state index in [1.54, 1.807) is 24.3 Å². The van der Waals surface area contributed by atoms with Crippen LogP contribution < -0.4 is 10.6 Å². The first-order valence-electron chi connectivity index (χ1n) is 7.15. The van der Waals surface area contributed by atoms with Crippen LogP contribution in [0.25, 0.3) is 6.08 Å². The molecule has 0 atom stereocenters. The number of carbonyl (C=O) groups is 1. The Hall–Kier alpha value is -1.38. The molecule has 0 saturated carbocycles. The molecule has 4 N–H and O–H groups in total. The van der Waals surface area contributed by atoms with E-state index in [1.165, 1.54) is 12.1 Å². The van der Waals surface area contributed by atoms with Crippen molar-refractivity contribution in [2.45, 2.75) is 12.8 Å². The monoisotopic (exact) mass is 354 g/mol. The summed E-state index contributed by atoms with van der Waals surface area (Å²) in [7, 11) is 0. The second-order valence-electron chi connectivity index (χ2n) is 5.19. The van der Waals surface area contributed by atoms with Crippen molar-refractivity contribution < 1.29 is 10.0 Å². The van der Waals surface area contributed by atoms with Gasteiger partial charge in [0.25, 0.3) is 0 Å². The van der Waals surface area contributed by atoms with Crippen molar-refractivity contribution in [2.24, 2.45) is 16.0 Å². The molecule has 1 heterocycles. The number of hydroxylamine groups is 1. The first-order chi connectivity index (χ1) is 11.1. The van der Waals surface area contributed by atoms with Gasteiger partial charge in [-0.25, -0.2) is 14.8 Å². The molecule has 1 aromatic carbocycles. The standard InChI is InChI=1S/C15H19ClN4O2S/c1-2-10-7-12(16)9-13(8-10)18-15(19-22)14(21)11-3-5-20(23-17)6-4-11/h2,7-9,11,22H,1,3-6,17H2,(H,18,19). The summed E-state index contributed by atoms with van der Waals surface area (Å²) in [5.41, 5.74) is 3.18. The van der Waals surface area contributed by atoms with Crippen molar-refractivity contribution >= 4 is 47.1 Å². The van der Waals surface area contributed by atoms with Gasteiger partial charge in [-0.15, -0.1) is 0 Å². The number of rotatable bonds is 5. The first kappa shape index (κ1) is 18.0. The smallest absolute Gasteiger partial charge is 0.203 e. The molecule has 0 aromatic heterocycles. The molecule has 1 aliphatic rings. The predicted molar refractivity (Wildman–Crippen MR) is 94.6 cm³/mol. The first-order valence-corrected chi connectivity index (χ1v) is 8.36. The summed E-state index contributed by atoms with van der Waals surface area (Å²) < 4.78 is 2.00. The van der Waals surface area contributed by atoms with E-state index in [0.717, 1.165) is 18.7 Å². The quantitative estimate of drug-likeness (QED) is 0.326. The van der Waals surface area contributed by atoms with Gasteiger partial charge in [-0.2, -0.15) is 0 Å². The number of halogens is 1. The Labute approximate surface area is 144 Å². The summed E-state index contributed by atoms with van der Waals surface area (Å²) in [6.07, 6.45) is 2.99. The van der Waals surface area contributed by atoms with E-state index in [2.05, 4.69) is 11.6 Å². The third-order valence-electron chi connectivity index (χ3n) is 3.69. The maximum absolute atomic E-state index is 12.5. The topological polar surface area (TPSA) is 91.0 Å². The van der Waals surface area contributed by atoms with Crippen LogP contribution in [0.5, 0.6) is 0 Å². The van der Waals surface area contributed by atoms with Crippen LogP contribution in [0.4, 0.5) is 5.69 Å². The van der Waals surface area contributed by atoms with E-state index in [1.807, 2.05) is 9.79 Å². The summed E-state index contributed by atoms with van der Waals surface area (Å²) in [6, 6.07) is 5.09. The zero-order chi connectivity index (χ0) is 16.8. The second-order valence-corrected chi connectivity index (χ2v) is 6.36. The Morgan fingerprint density at radius 1 is 1.48 bits per heavy atom. The van der Waals surface area contributed by atoms with Crippen molar-refractivity contribution in [2.75, 3.05) is 13.1 Å². The summed E-state index contributed by atoms with van der Waals surface area (Å²) >= 11 is 7.20. The number of hydrogen-bond donors (Lipinski definition) is 3. The predicted octanol–water partition coefficient (Wildman–Crippen LogP) is 2.79. The highest BCUT2D eigenvalue weighted by Crippen LogP contribution is 2.24. The molecule has 1 fully saturated rings. The van der Waals surface area contributed by atoms with Crippen LogP contribution in [0.2, 0.25) is 5.02 Å². The van der Waals surface area contributed by atoms with Crippen molar-refractivity contribution in [3.8, 4) is 0 Å². The minimum absolute atomic E-state index is 0.0823. The molecule has 2 rings (SSSR count). The molecular weight excluding hydrogens is 336 g/mol. The number of nitrogens with zero attached hydrogens (tertiary/aromatic N) is 2. The summed E-state index contributed by atoms with van der Waals surface area (Å²) in [4.78, 5) is 16.7. The van der Waals surface area contributed by atoms with E-state index in [-0.39, 0.29) is 17.5 Å². The van der Waals surface area contributed by atoms with Crippen LogP contribution in [-0.4, -0.2) is 34.2 Å². The molecule has 0 aliphatic carbocycles. The van der Waals surface area contributed by atoms with Gasteiger partial charge in [0.2, 0.25) is 5.78 Å². The van der Waals surface area contributed by atoms with Crippen LogP contribution in [0.15, 0.2) is 29.8 Å².